The molecule has 0 fully saturated rings. The minimum atomic E-state index is -1.89. The molecule has 3 aromatic carbocycles. The maximum atomic E-state index is 13.4. The van der Waals surface area contributed by atoms with Crippen LogP contribution >= 0.6 is 0 Å². The number of H-pyrrole nitrogens is 1. The number of para-hydroxylation sites is 2. The molecule has 0 bridgehead atoms. The predicted octanol–water partition coefficient (Wildman–Crippen LogP) is 3.80. The van der Waals surface area contributed by atoms with Gasteiger partial charge in [0.25, 0.3) is 5.91 Å². The third-order valence-corrected chi connectivity index (χ3v) is 6.17. The molecule has 32 heavy (non-hydrogen) atoms. The van der Waals surface area contributed by atoms with Crippen molar-refractivity contribution in [3.63, 3.8) is 0 Å². The minimum Gasteiger partial charge on any atom is -0.399 e. The molecule has 1 aliphatic heterocycles. The Morgan fingerprint density at radius 1 is 1.00 bits per heavy atom. The number of carbonyl (C=O) groups is 2. The largest absolute Gasteiger partial charge is 0.399 e. The maximum Gasteiger partial charge on any atom is 0.264 e. The normalized spacial score (nSPS) is 17.7. The van der Waals surface area contributed by atoms with Gasteiger partial charge in [0.15, 0.2) is 11.4 Å². The number of aromatic amines is 1. The number of hydrogen-bond donors (Lipinski definition) is 3. The van der Waals surface area contributed by atoms with Crippen molar-refractivity contribution in [2.45, 2.75) is 18.4 Å². The van der Waals surface area contributed by atoms with Gasteiger partial charge in [-0.15, -0.1) is 0 Å². The van der Waals surface area contributed by atoms with Crippen LogP contribution in [-0.2, 0) is 16.8 Å². The molecule has 4 aromatic rings. The van der Waals surface area contributed by atoms with Crippen molar-refractivity contribution < 1.29 is 14.7 Å². The van der Waals surface area contributed by atoms with Crippen LogP contribution in [0.25, 0.3) is 10.9 Å². The van der Waals surface area contributed by atoms with Gasteiger partial charge in [0.1, 0.15) is 0 Å². The zero-order valence-corrected chi connectivity index (χ0v) is 17.4. The molecule has 0 radical (unpaired) electrons. The van der Waals surface area contributed by atoms with Crippen LogP contribution in [0, 0.1) is 0 Å². The molecule has 6 nitrogen and oxygen atoms in total. The van der Waals surface area contributed by atoms with Crippen LogP contribution in [0.4, 0.5) is 11.4 Å². The average Bonchev–Trinajstić information content (AvgIpc) is 3.30. The molecule has 0 spiro atoms. The highest BCUT2D eigenvalue weighted by Gasteiger charge is 2.50. The summed E-state index contributed by atoms with van der Waals surface area (Å²) in [6.07, 6.45) is 2.25. The third kappa shape index (κ3) is 3.25. The Hall–Kier alpha value is -3.90. The number of nitrogen functional groups attached to an aromatic ring is 1. The molecule has 0 saturated heterocycles. The molecule has 0 aliphatic carbocycles. The van der Waals surface area contributed by atoms with Crippen LogP contribution in [0.3, 0.4) is 0 Å². The van der Waals surface area contributed by atoms with Crippen molar-refractivity contribution in [1.29, 1.82) is 0 Å². The van der Waals surface area contributed by atoms with E-state index in [0.29, 0.717) is 35.5 Å². The molecular weight excluding hydrogens is 402 g/mol. The van der Waals surface area contributed by atoms with Gasteiger partial charge in [-0.05, 0) is 48.4 Å². The van der Waals surface area contributed by atoms with E-state index in [1.54, 1.807) is 41.3 Å². The molecule has 1 atom stereocenters. The van der Waals surface area contributed by atoms with Crippen molar-refractivity contribution in [3.8, 4) is 0 Å². The van der Waals surface area contributed by atoms with Gasteiger partial charge in [0.2, 0.25) is 0 Å². The number of aliphatic hydroxyl groups is 1. The molecule has 1 aliphatic rings. The number of nitrogens with two attached hydrogens (primary N) is 1. The molecule has 1 aromatic heterocycles. The SMILES string of the molecule is Nc1ccc(C(=O)C[C@]2(O)C(=O)N(CCc3c[nH]c4ccccc34)c3ccccc32)cc1. The van der Waals surface area contributed by atoms with Crippen molar-refractivity contribution >= 4 is 34.0 Å². The molecule has 0 saturated carbocycles. The van der Waals surface area contributed by atoms with Crippen LogP contribution in [0.15, 0.2) is 79.0 Å². The molecule has 4 N–H and O–H groups in total. The van der Waals surface area contributed by atoms with Gasteiger partial charge in [-0.3, -0.25) is 9.59 Å². The quantitative estimate of drug-likeness (QED) is 0.323. The Morgan fingerprint density at radius 2 is 1.72 bits per heavy atom. The number of hydrogen-bond acceptors (Lipinski definition) is 4. The summed E-state index contributed by atoms with van der Waals surface area (Å²) in [5.41, 5.74) is 8.02. The van der Waals surface area contributed by atoms with Crippen LogP contribution in [0.1, 0.15) is 27.9 Å². The van der Waals surface area contributed by atoms with Crippen LogP contribution in [0.2, 0.25) is 0 Å². The number of ketones is 1. The summed E-state index contributed by atoms with van der Waals surface area (Å²) >= 11 is 0. The molecule has 1 amide bonds. The lowest BCUT2D eigenvalue weighted by atomic mass is 9.88. The Kier molecular flexibility index (Phi) is 4.79. The van der Waals surface area contributed by atoms with E-state index in [-0.39, 0.29) is 12.2 Å². The second-order valence-corrected chi connectivity index (χ2v) is 8.17. The lowest BCUT2D eigenvalue weighted by Gasteiger charge is -2.23. The van der Waals surface area contributed by atoms with E-state index in [9.17, 15) is 14.7 Å². The third-order valence-electron chi connectivity index (χ3n) is 6.17. The monoisotopic (exact) mass is 425 g/mol. The first-order chi connectivity index (χ1) is 15.5. The fraction of sp³-hybridized carbons (Fsp3) is 0.154. The van der Waals surface area contributed by atoms with E-state index < -0.39 is 11.5 Å². The smallest absolute Gasteiger partial charge is 0.264 e. The first-order valence-corrected chi connectivity index (χ1v) is 10.5. The number of Topliss-reactive ketones (excluding diaryl/α,β-unsaturated/α-hetero) is 1. The van der Waals surface area contributed by atoms with E-state index in [2.05, 4.69) is 4.98 Å². The number of nitrogens with zero attached hydrogens (tertiary/aromatic N) is 1. The van der Waals surface area contributed by atoms with E-state index in [1.807, 2.05) is 42.6 Å². The van der Waals surface area contributed by atoms with E-state index in [4.69, 9.17) is 5.73 Å². The number of anilines is 2. The summed E-state index contributed by atoms with van der Waals surface area (Å²) in [4.78, 5) is 31.2. The van der Waals surface area contributed by atoms with E-state index in [1.165, 1.54) is 0 Å². The van der Waals surface area contributed by atoms with Gasteiger partial charge in [0, 0.05) is 40.5 Å². The fourth-order valence-electron chi connectivity index (χ4n) is 4.47. The second kappa shape index (κ2) is 7.66. The number of rotatable bonds is 6. The highest BCUT2D eigenvalue weighted by molar-refractivity contribution is 6.10. The predicted molar refractivity (Wildman–Crippen MR) is 124 cm³/mol. The molecule has 2 heterocycles. The number of carbonyl (C=O) groups excluding carboxylic acids is 2. The Bertz CT molecular complexity index is 1330. The van der Waals surface area contributed by atoms with Crippen molar-refractivity contribution in [3.05, 3.63) is 95.7 Å². The topological polar surface area (TPSA) is 99.4 Å². The molecule has 5 rings (SSSR count). The average molecular weight is 425 g/mol. The summed E-state index contributed by atoms with van der Waals surface area (Å²) in [7, 11) is 0. The van der Waals surface area contributed by atoms with Gasteiger partial charge >= 0.3 is 0 Å². The number of benzene rings is 3. The summed E-state index contributed by atoms with van der Waals surface area (Å²) < 4.78 is 0. The van der Waals surface area contributed by atoms with Crippen LogP contribution in [0.5, 0.6) is 0 Å². The Morgan fingerprint density at radius 3 is 2.53 bits per heavy atom. The zero-order chi connectivity index (χ0) is 22.3. The maximum absolute atomic E-state index is 13.4. The Balaban J connectivity index is 1.42. The standard InChI is InChI=1S/C26H23N3O3/c27-19-11-9-17(10-12-19)24(30)15-26(32)21-6-2-4-8-23(21)29(25(26)31)14-13-18-16-28-22-7-3-1-5-20(18)22/h1-12,16,28,32H,13-15,27H2/t26-/m1/s1. The van der Waals surface area contributed by atoms with Crippen molar-refractivity contribution in [1.82, 2.24) is 4.98 Å². The summed E-state index contributed by atoms with van der Waals surface area (Å²) in [5.74, 6) is -0.781. The van der Waals surface area contributed by atoms with E-state index >= 15 is 0 Å². The highest BCUT2D eigenvalue weighted by Crippen LogP contribution is 2.43. The number of fused-ring (bicyclic) bond motifs is 2. The van der Waals surface area contributed by atoms with Gasteiger partial charge in [0.05, 0.1) is 12.1 Å². The summed E-state index contributed by atoms with van der Waals surface area (Å²) in [6, 6.07) is 21.6. The second-order valence-electron chi connectivity index (χ2n) is 8.17. The van der Waals surface area contributed by atoms with Gasteiger partial charge in [-0.25, -0.2) is 0 Å². The Labute approximate surface area is 185 Å². The number of nitrogens with one attached hydrogen (secondary N) is 1. The highest BCUT2D eigenvalue weighted by atomic mass is 16.3. The number of amides is 1. The first kappa shape index (κ1) is 20.0. The van der Waals surface area contributed by atoms with E-state index in [0.717, 1.165) is 16.5 Å². The molecule has 6 heteroatoms. The fourth-order valence-corrected chi connectivity index (χ4v) is 4.47. The zero-order valence-electron chi connectivity index (χ0n) is 17.4. The molecule has 160 valence electrons. The van der Waals surface area contributed by atoms with Gasteiger partial charge in [-0.2, -0.15) is 0 Å². The van der Waals surface area contributed by atoms with Crippen LogP contribution < -0.4 is 10.6 Å². The minimum absolute atomic E-state index is 0.311. The lowest BCUT2D eigenvalue weighted by Crippen LogP contribution is -2.42. The molecular formula is C26H23N3O3. The van der Waals surface area contributed by atoms with Crippen LogP contribution in [-0.4, -0.2) is 28.3 Å². The van der Waals surface area contributed by atoms with Crippen molar-refractivity contribution in [2.24, 2.45) is 0 Å². The molecule has 0 unspecified atom stereocenters. The summed E-state index contributed by atoms with van der Waals surface area (Å²) in [5, 5.41) is 12.6. The summed E-state index contributed by atoms with van der Waals surface area (Å²) in [6.45, 7) is 0.399. The first-order valence-electron chi connectivity index (χ1n) is 10.5. The van der Waals surface area contributed by atoms with Gasteiger partial charge in [-0.1, -0.05) is 36.4 Å². The number of aromatic nitrogens is 1. The van der Waals surface area contributed by atoms with Crippen molar-refractivity contribution in [2.75, 3.05) is 17.2 Å². The van der Waals surface area contributed by atoms with Gasteiger partial charge < -0.3 is 20.7 Å². The lowest BCUT2D eigenvalue weighted by molar-refractivity contribution is -0.135.